The number of rotatable bonds is 5. The molecule has 1 heterocycles. The summed E-state index contributed by atoms with van der Waals surface area (Å²) in [5, 5.41) is 20.5. The second-order valence-corrected chi connectivity index (χ2v) is 8.38. The quantitative estimate of drug-likeness (QED) is 0.614. The minimum atomic E-state index is -3.96. The number of carboxylic acid groups (broad SMARTS) is 1. The maximum atomic E-state index is 12.9. The zero-order chi connectivity index (χ0) is 18.4. The normalized spacial score (nSPS) is 26.4. The molecule has 1 N–H and O–H groups in total. The number of fused-ring (bicyclic) bond motifs is 1. The van der Waals surface area contributed by atoms with Crippen molar-refractivity contribution in [2.75, 3.05) is 20.2 Å². The number of hydrogen-bond donors (Lipinski definition) is 1. The van der Waals surface area contributed by atoms with Crippen LogP contribution in [0, 0.1) is 21.4 Å². The van der Waals surface area contributed by atoms with E-state index in [-0.39, 0.29) is 35.3 Å². The molecular weight excluding hydrogens is 352 g/mol. The molecule has 2 atom stereocenters. The summed E-state index contributed by atoms with van der Waals surface area (Å²) >= 11 is 0. The molecule has 25 heavy (non-hydrogen) atoms. The average Bonchev–Trinajstić information content (AvgIpc) is 3.12. The molecule has 136 valence electrons. The first-order valence-electron chi connectivity index (χ1n) is 7.78. The van der Waals surface area contributed by atoms with E-state index >= 15 is 0 Å². The van der Waals surface area contributed by atoms with Crippen molar-refractivity contribution in [2.24, 2.45) is 11.3 Å². The Hall–Kier alpha value is -2.20. The van der Waals surface area contributed by atoms with E-state index in [2.05, 4.69) is 0 Å². The number of carbonyl (C=O) groups is 1. The molecule has 0 spiro atoms. The first-order chi connectivity index (χ1) is 11.7. The van der Waals surface area contributed by atoms with Gasteiger partial charge in [-0.25, -0.2) is 8.42 Å². The Balaban J connectivity index is 1.96. The van der Waals surface area contributed by atoms with Crippen molar-refractivity contribution in [3.63, 3.8) is 0 Å². The van der Waals surface area contributed by atoms with E-state index < -0.39 is 26.3 Å². The van der Waals surface area contributed by atoms with E-state index in [4.69, 9.17) is 4.74 Å². The van der Waals surface area contributed by atoms with Crippen LogP contribution in [0.3, 0.4) is 0 Å². The van der Waals surface area contributed by atoms with E-state index in [1.807, 2.05) is 0 Å². The van der Waals surface area contributed by atoms with E-state index in [1.165, 1.54) is 11.4 Å². The zero-order valence-corrected chi connectivity index (χ0v) is 14.4. The molecular formula is C15H18N2O7S. The minimum Gasteiger partial charge on any atom is -0.490 e. The topological polar surface area (TPSA) is 127 Å². The van der Waals surface area contributed by atoms with Gasteiger partial charge < -0.3 is 9.84 Å². The molecule has 1 aliphatic carbocycles. The molecule has 1 saturated carbocycles. The number of benzene rings is 1. The van der Waals surface area contributed by atoms with Gasteiger partial charge in [0, 0.05) is 25.2 Å². The van der Waals surface area contributed by atoms with Crippen LogP contribution in [-0.2, 0) is 14.8 Å². The van der Waals surface area contributed by atoms with Crippen LogP contribution >= 0.6 is 0 Å². The second-order valence-electron chi connectivity index (χ2n) is 6.44. The predicted molar refractivity (Wildman–Crippen MR) is 85.8 cm³/mol. The van der Waals surface area contributed by atoms with Crippen LogP contribution in [0.5, 0.6) is 5.75 Å². The molecule has 10 heteroatoms. The number of sulfonamides is 1. The highest BCUT2D eigenvalue weighted by Gasteiger charge is 2.57. The fourth-order valence-corrected chi connectivity index (χ4v) is 5.46. The summed E-state index contributed by atoms with van der Waals surface area (Å²) in [6.07, 6.45) is 1.92. The van der Waals surface area contributed by atoms with Crippen molar-refractivity contribution in [2.45, 2.75) is 24.2 Å². The first kappa shape index (κ1) is 17.6. The number of nitro groups is 1. The minimum absolute atomic E-state index is 0.0748. The van der Waals surface area contributed by atoms with Crippen molar-refractivity contribution < 1.29 is 28.0 Å². The van der Waals surface area contributed by atoms with Crippen molar-refractivity contribution in [3.05, 3.63) is 28.3 Å². The molecule has 1 aromatic carbocycles. The van der Waals surface area contributed by atoms with Crippen molar-refractivity contribution in [3.8, 4) is 5.75 Å². The smallest absolute Gasteiger partial charge is 0.311 e. The highest BCUT2D eigenvalue weighted by molar-refractivity contribution is 7.89. The molecule has 2 fully saturated rings. The monoisotopic (exact) mass is 370 g/mol. The summed E-state index contributed by atoms with van der Waals surface area (Å²) in [4.78, 5) is 21.9. The molecule has 0 unspecified atom stereocenters. The maximum Gasteiger partial charge on any atom is 0.311 e. The van der Waals surface area contributed by atoms with E-state index in [9.17, 15) is 28.4 Å². The van der Waals surface area contributed by atoms with Crippen LogP contribution in [-0.4, -0.2) is 48.9 Å². The van der Waals surface area contributed by atoms with Gasteiger partial charge in [0.2, 0.25) is 10.0 Å². The summed E-state index contributed by atoms with van der Waals surface area (Å²) in [5.41, 5.74) is -1.36. The summed E-state index contributed by atoms with van der Waals surface area (Å²) in [6.45, 7) is 0.0720. The van der Waals surface area contributed by atoms with Crippen LogP contribution in [0.1, 0.15) is 19.3 Å². The largest absolute Gasteiger partial charge is 0.490 e. The van der Waals surface area contributed by atoms with Crippen LogP contribution in [0.25, 0.3) is 0 Å². The molecule has 1 aromatic rings. The number of aliphatic carboxylic acids is 1. The van der Waals surface area contributed by atoms with Gasteiger partial charge in [-0.2, -0.15) is 4.31 Å². The van der Waals surface area contributed by atoms with Crippen LogP contribution in [0.15, 0.2) is 23.1 Å². The SMILES string of the molecule is COc1cc(S(=O)(=O)N2C[C@@H]3CCC[C@@]3(C(=O)O)C2)ccc1[N+](=O)[O-]. The van der Waals surface area contributed by atoms with Crippen molar-refractivity contribution in [1.82, 2.24) is 4.31 Å². The molecule has 2 aliphatic rings. The molecule has 1 saturated heterocycles. The molecule has 0 aromatic heterocycles. The van der Waals surface area contributed by atoms with Gasteiger partial charge in [0.25, 0.3) is 0 Å². The Labute approximate surface area is 144 Å². The molecule has 0 radical (unpaired) electrons. The number of ether oxygens (including phenoxy) is 1. The number of nitrogens with zero attached hydrogens (tertiary/aromatic N) is 2. The third-order valence-corrected chi connectivity index (χ3v) is 7.06. The Morgan fingerprint density at radius 1 is 1.48 bits per heavy atom. The van der Waals surface area contributed by atoms with Crippen LogP contribution in [0.4, 0.5) is 5.69 Å². The van der Waals surface area contributed by atoms with E-state index in [0.717, 1.165) is 24.6 Å². The van der Waals surface area contributed by atoms with Crippen molar-refractivity contribution >= 4 is 21.7 Å². The Morgan fingerprint density at radius 2 is 2.20 bits per heavy atom. The van der Waals surface area contributed by atoms with Gasteiger partial charge >= 0.3 is 11.7 Å². The lowest BCUT2D eigenvalue weighted by atomic mass is 9.81. The number of hydrogen-bond acceptors (Lipinski definition) is 6. The number of methoxy groups -OCH3 is 1. The summed E-state index contributed by atoms with van der Waals surface area (Å²) in [7, 11) is -2.74. The van der Waals surface area contributed by atoms with Gasteiger partial charge in [0.15, 0.2) is 5.75 Å². The van der Waals surface area contributed by atoms with Gasteiger partial charge in [0.1, 0.15) is 0 Å². The third-order valence-electron chi connectivity index (χ3n) is 5.25. The lowest BCUT2D eigenvalue weighted by molar-refractivity contribution is -0.385. The lowest BCUT2D eigenvalue weighted by Crippen LogP contribution is -2.37. The average molecular weight is 370 g/mol. The van der Waals surface area contributed by atoms with E-state index in [0.29, 0.717) is 12.8 Å². The highest BCUT2D eigenvalue weighted by Crippen LogP contribution is 2.50. The van der Waals surface area contributed by atoms with Gasteiger partial charge in [-0.3, -0.25) is 14.9 Å². The Kier molecular flexibility index (Phi) is 4.20. The van der Waals surface area contributed by atoms with E-state index in [1.54, 1.807) is 0 Å². The van der Waals surface area contributed by atoms with Gasteiger partial charge in [-0.05, 0) is 24.8 Å². The second kappa shape index (κ2) is 5.95. The molecule has 3 rings (SSSR count). The Bertz CT molecular complexity index is 838. The fourth-order valence-electron chi connectivity index (χ4n) is 3.89. The standard InChI is InChI=1S/C15H18N2O7S/c1-24-13-7-11(4-5-12(13)17(20)21)25(22,23)16-8-10-3-2-6-15(10,9-16)14(18)19/h4-5,7,10H,2-3,6,8-9H2,1H3,(H,18,19)/t10-,15+/m0/s1. The summed E-state index contributed by atoms with van der Waals surface area (Å²) in [5.74, 6) is -1.33. The summed E-state index contributed by atoms with van der Waals surface area (Å²) in [6, 6.07) is 3.34. The third kappa shape index (κ3) is 2.65. The lowest BCUT2D eigenvalue weighted by Gasteiger charge is -2.23. The van der Waals surface area contributed by atoms with Gasteiger partial charge in [-0.15, -0.1) is 0 Å². The molecule has 1 aliphatic heterocycles. The highest BCUT2D eigenvalue weighted by atomic mass is 32.2. The molecule has 0 amide bonds. The maximum absolute atomic E-state index is 12.9. The van der Waals surface area contributed by atoms with Gasteiger partial charge in [0.05, 0.1) is 22.3 Å². The predicted octanol–water partition coefficient (Wildman–Crippen LogP) is 1.48. The van der Waals surface area contributed by atoms with Crippen LogP contribution < -0.4 is 4.74 Å². The Morgan fingerprint density at radius 3 is 2.76 bits per heavy atom. The fraction of sp³-hybridized carbons (Fsp3) is 0.533. The van der Waals surface area contributed by atoms with Crippen molar-refractivity contribution in [1.29, 1.82) is 0 Å². The molecule has 0 bridgehead atoms. The first-order valence-corrected chi connectivity index (χ1v) is 9.22. The molecule has 9 nitrogen and oxygen atoms in total. The number of carboxylic acids is 1. The summed E-state index contributed by atoms with van der Waals surface area (Å²) < 4.78 is 31.9. The van der Waals surface area contributed by atoms with Gasteiger partial charge in [-0.1, -0.05) is 6.42 Å². The zero-order valence-electron chi connectivity index (χ0n) is 13.5. The number of nitro benzene ring substituents is 1. The van der Waals surface area contributed by atoms with Crippen LogP contribution in [0.2, 0.25) is 0 Å².